The quantitative estimate of drug-likeness (QED) is 0.355. The molecule has 1 aromatic rings. The number of halogens is 3. The van der Waals surface area contributed by atoms with Crippen LogP contribution in [0.2, 0.25) is 5.02 Å². The van der Waals surface area contributed by atoms with Gasteiger partial charge in [0.1, 0.15) is 6.17 Å². The number of aliphatic hydroxyl groups excluding tert-OH is 1. The van der Waals surface area contributed by atoms with Crippen LogP contribution in [0, 0.1) is 22.7 Å². The third-order valence-corrected chi connectivity index (χ3v) is 11.5. The number of esters is 1. The van der Waals surface area contributed by atoms with Gasteiger partial charge in [0.15, 0.2) is 17.1 Å². The van der Waals surface area contributed by atoms with Gasteiger partial charge in [0.2, 0.25) is 0 Å². The number of ether oxygens (including phenoxy) is 1. The van der Waals surface area contributed by atoms with Crippen molar-refractivity contribution >= 4 is 23.4 Å². The molecule has 3 N–H and O–H groups in total. The Kier molecular flexibility index (Phi) is 7.06. The summed E-state index contributed by atoms with van der Waals surface area (Å²) < 4.78 is 39.5. The first-order chi connectivity index (χ1) is 19.8. The lowest BCUT2D eigenvalue weighted by atomic mass is 9.42. The summed E-state index contributed by atoms with van der Waals surface area (Å²) in [6, 6.07) is 7.31. The Morgan fingerprint density at radius 3 is 2.67 bits per heavy atom. The molecule has 0 unspecified atom stereocenters. The largest absolute Gasteiger partial charge is 0.463 e. The molecule has 7 nitrogen and oxygen atoms in total. The number of nitrogens with two attached hydrogens (primary N) is 1. The highest BCUT2D eigenvalue weighted by Gasteiger charge is 2.84. The minimum absolute atomic E-state index is 0.0253. The Balaban J connectivity index is 1.42. The third-order valence-electron chi connectivity index (χ3n) is 11.3. The molecule has 0 bridgehead atoms. The highest BCUT2D eigenvalue weighted by molar-refractivity contribution is 6.30. The Morgan fingerprint density at radius 2 is 1.98 bits per heavy atom. The van der Waals surface area contributed by atoms with Crippen molar-refractivity contribution in [2.45, 2.75) is 88.5 Å². The van der Waals surface area contributed by atoms with E-state index in [2.05, 4.69) is 0 Å². The number of carbonyl (C=O) groups excluding carboxylic acids is 2. The van der Waals surface area contributed by atoms with Crippen LogP contribution < -0.4 is 5.73 Å². The number of benzene rings is 1. The molecule has 4 fully saturated rings. The van der Waals surface area contributed by atoms with Crippen molar-refractivity contribution in [3.05, 3.63) is 58.7 Å². The number of carbonyl (C=O) groups is 2. The first kappa shape index (κ1) is 29.9. The van der Waals surface area contributed by atoms with Crippen LogP contribution in [-0.4, -0.2) is 64.2 Å². The first-order valence-electron chi connectivity index (χ1n) is 14.9. The van der Waals surface area contributed by atoms with Gasteiger partial charge >= 0.3 is 5.97 Å². The number of allylic oxidation sites excluding steroid dienone is 4. The molecule has 4 aliphatic carbocycles. The maximum absolute atomic E-state index is 17.8. The minimum Gasteiger partial charge on any atom is -0.463 e. The number of hydrogen-bond donors (Lipinski definition) is 2. The molecule has 1 heterocycles. The average molecular weight is 605 g/mol. The Labute approximate surface area is 250 Å². The van der Waals surface area contributed by atoms with Crippen LogP contribution in [-0.2, 0) is 25.7 Å². The summed E-state index contributed by atoms with van der Waals surface area (Å²) >= 11 is 6.07. The molecule has 1 saturated heterocycles. The number of aliphatic hydroxyl groups is 1. The number of hydrogen-bond acceptors (Lipinski definition) is 7. The van der Waals surface area contributed by atoms with Crippen LogP contribution in [0.4, 0.5) is 8.78 Å². The third kappa shape index (κ3) is 3.76. The summed E-state index contributed by atoms with van der Waals surface area (Å²) in [6.45, 7) is 6.16. The average Bonchev–Trinajstić information content (AvgIpc) is 3.38. The van der Waals surface area contributed by atoms with Crippen molar-refractivity contribution in [2.24, 2.45) is 28.4 Å². The van der Waals surface area contributed by atoms with Crippen molar-refractivity contribution in [3.8, 4) is 0 Å². The second kappa shape index (κ2) is 9.92. The number of unbranched alkanes of at least 4 members (excludes halogenated alkanes) is 1. The Bertz CT molecular complexity index is 1360. The fourth-order valence-electron chi connectivity index (χ4n) is 9.06. The lowest BCUT2D eigenvalue weighted by Gasteiger charge is -2.66. The molecule has 6 rings (SSSR count). The summed E-state index contributed by atoms with van der Waals surface area (Å²) in [5, 5.41) is 14.1. The van der Waals surface area contributed by atoms with Crippen LogP contribution in [0.3, 0.4) is 0 Å². The van der Waals surface area contributed by atoms with E-state index in [1.165, 1.54) is 19.1 Å². The number of ketones is 1. The molecule has 0 radical (unpaired) electrons. The normalized spacial score (nSPS) is 44.2. The highest BCUT2D eigenvalue weighted by Crippen LogP contribution is 2.73. The maximum Gasteiger partial charge on any atom is 0.341 e. The van der Waals surface area contributed by atoms with Crippen molar-refractivity contribution in [1.82, 2.24) is 5.06 Å². The fraction of sp³-hybridized carbons (Fsp3) is 0.625. The predicted molar refractivity (Wildman–Crippen MR) is 152 cm³/mol. The first-order valence-corrected chi connectivity index (χ1v) is 15.3. The zero-order valence-electron chi connectivity index (χ0n) is 24.2. The lowest BCUT2D eigenvalue weighted by molar-refractivity contribution is -0.281. The van der Waals surface area contributed by atoms with Crippen molar-refractivity contribution in [3.63, 3.8) is 0 Å². The van der Waals surface area contributed by atoms with E-state index in [-0.39, 0.29) is 31.4 Å². The predicted octanol–water partition coefficient (Wildman–Crippen LogP) is 4.80. The summed E-state index contributed by atoms with van der Waals surface area (Å²) in [7, 11) is 0. The molecule has 0 aromatic heterocycles. The second-order valence-electron chi connectivity index (χ2n) is 13.3. The molecule has 10 heteroatoms. The molecule has 1 aromatic carbocycles. The number of rotatable bonds is 6. The van der Waals surface area contributed by atoms with Gasteiger partial charge in [-0.25, -0.2) is 13.6 Å². The van der Waals surface area contributed by atoms with E-state index in [9.17, 15) is 14.7 Å². The van der Waals surface area contributed by atoms with E-state index in [0.29, 0.717) is 24.5 Å². The van der Waals surface area contributed by atoms with Gasteiger partial charge in [0.05, 0.1) is 12.7 Å². The van der Waals surface area contributed by atoms with E-state index in [0.717, 1.165) is 18.1 Å². The molecule has 228 valence electrons. The fourth-order valence-corrected chi connectivity index (χ4v) is 9.19. The zero-order chi connectivity index (χ0) is 30.3. The second-order valence-corrected chi connectivity index (χ2v) is 13.8. The monoisotopic (exact) mass is 604 g/mol. The summed E-state index contributed by atoms with van der Waals surface area (Å²) in [5.74, 6) is -2.65. The molecular formula is C32H39ClF2N2O5. The Morgan fingerprint density at radius 1 is 1.26 bits per heavy atom. The van der Waals surface area contributed by atoms with Gasteiger partial charge in [0.25, 0.3) is 0 Å². The maximum atomic E-state index is 17.8. The van der Waals surface area contributed by atoms with Gasteiger partial charge in [-0.1, -0.05) is 50.1 Å². The van der Waals surface area contributed by atoms with E-state index < -0.39 is 63.5 Å². The van der Waals surface area contributed by atoms with Crippen molar-refractivity contribution in [2.75, 3.05) is 13.2 Å². The summed E-state index contributed by atoms with van der Waals surface area (Å²) in [4.78, 5) is 32.9. The van der Waals surface area contributed by atoms with Gasteiger partial charge in [-0.2, -0.15) is 5.06 Å². The minimum atomic E-state index is -2.37. The zero-order valence-corrected chi connectivity index (χ0v) is 25.0. The van der Waals surface area contributed by atoms with Gasteiger partial charge in [-0.05, 0) is 68.0 Å². The Hall–Kier alpha value is -2.17. The van der Waals surface area contributed by atoms with Crippen LogP contribution in [0.25, 0.3) is 0 Å². The summed E-state index contributed by atoms with van der Waals surface area (Å²) in [6.07, 6.45) is 1.66. The number of nitrogens with zero attached hydrogens (tertiary/aromatic N) is 1. The molecule has 5 aliphatic rings. The van der Waals surface area contributed by atoms with E-state index in [1.54, 1.807) is 24.1 Å². The molecule has 0 amide bonds. The van der Waals surface area contributed by atoms with Crippen LogP contribution >= 0.6 is 11.6 Å². The lowest BCUT2D eigenvalue weighted by Crippen LogP contribution is -2.79. The molecular weight excluding hydrogens is 566 g/mol. The van der Waals surface area contributed by atoms with E-state index >= 15 is 8.78 Å². The van der Waals surface area contributed by atoms with Crippen molar-refractivity contribution < 1.29 is 33.1 Å². The van der Waals surface area contributed by atoms with Gasteiger partial charge in [0, 0.05) is 46.3 Å². The number of alkyl halides is 2. The molecule has 3 saturated carbocycles. The van der Waals surface area contributed by atoms with Gasteiger partial charge in [-0.3, -0.25) is 9.63 Å². The topological polar surface area (TPSA) is 102 Å². The van der Waals surface area contributed by atoms with Crippen LogP contribution in [0.5, 0.6) is 0 Å². The van der Waals surface area contributed by atoms with Crippen molar-refractivity contribution in [1.29, 1.82) is 0 Å². The molecule has 9 atom stereocenters. The van der Waals surface area contributed by atoms with E-state index in [1.807, 2.05) is 19.1 Å². The van der Waals surface area contributed by atoms with Gasteiger partial charge < -0.3 is 15.6 Å². The number of hydroxylamine groups is 2. The SMILES string of the molecule is CCCCOC(=O)[C@@]12ON(Cc3ccc(Cl)cc3)C[C@@H]1C[C@@]1(N)[C@@H]3C[C@H](F)C4=CC(=O)C=C[C@]4(C)[C@@]3(F)[C@@H](O)C[C@@]12C. The standard InChI is InChI=1S/C32H39ClF2N2O5/c1-4-5-12-41-27(40)32-20(18-37(42-32)17-19-6-8-21(33)9-7-19)15-30(36)25-14-24(34)23-13-22(38)10-11-28(23,2)31(25,35)26(39)16-29(30,32)3/h6-11,13,20,24-26,39H,4-5,12,14-18,36H2,1-3H3/t20-,24-,25-,26-,28-,29-,30+,31-,32-/m0/s1. The summed E-state index contributed by atoms with van der Waals surface area (Å²) in [5.41, 5.74) is -0.0273. The molecule has 1 aliphatic heterocycles. The molecule has 0 spiro atoms. The van der Waals surface area contributed by atoms with Gasteiger partial charge in [-0.15, -0.1) is 0 Å². The smallest absolute Gasteiger partial charge is 0.341 e. The van der Waals surface area contributed by atoms with E-state index in [4.69, 9.17) is 26.9 Å². The highest BCUT2D eigenvalue weighted by atomic mass is 35.5. The molecule has 42 heavy (non-hydrogen) atoms. The van der Waals surface area contributed by atoms with Crippen LogP contribution in [0.1, 0.15) is 58.4 Å². The number of fused-ring (bicyclic) bond motifs is 7. The van der Waals surface area contributed by atoms with Crippen LogP contribution in [0.15, 0.2) is 48.1 Å².